The first-order valence-corrected chi connectivity index (χ1v) is 9.13. The van der Waals surface area contributed by atoms with Gasteiger partial charge in [0.15, 0.2) is 5.78 Å². The molecule has 0 heterocycles. The third kappa shape index (κ3) is 4.79. The van der Waals surface area contributed by atoms with Crippen molar-refractivity contribution in [2.75, 3.05) is 0 Å². The fourth-order valence-corrected chi connectivity index (χ4v) is 3.36. The lowest BCUT2D eigenvalue weighted by atomic mass is 9.70. The quantitative estimate of drug-likeness (QED) is 0.716. The lowest BCUT2D eigenvalue weighted by Gasteiger charge is -2.35. The maximum atomic E-state index is 13.2. The Bertz CT molecular complexity index is 752. The second-order valence-electron chi connectivity index (χ2n) is 7.92. The van der Waals surface area contributed by atoms with Gasteiger partial charge in [-0.3, -0.25) is 9.59 Å². The lowest BCUT2D eigenvalue weighted by Crippen LogP contribution is -2.50. The summed E-state index contributed by atoms with van der Waals surface area (Å²) in [5.41, 5.74) is -0.858. The highest BCUT2D eigenvalue weighted by Gasteiger charge is 2.41. The number of rotatable bonds is 5. The summed E-state index contributed by atoms with van der Waals surface area (Å²) < 4.78 is 39.6. The molecule has 0 aliphatic heterocycles. The SMILES string of the molecule is CC1=CC[C@](C)(C(=O)C(NC(=O)c2ccccc2C(F)(F)F)C(C)C)CC1. The standard InChI is InChI=1S/C21H26F3NO2/c1-13(2)17(18(26)20(4)11-9-14(3)10-12-20)25-19(27)15-7-5-6-8-16(15)21(22,23)24/h5-9,13,17H,10-12H2,1-4H3,(H,25,27)/t17?,20-/m0/s1. The van der Waals surface area contributed by atoms with E-state index < -0.39 is 34.7 Å². The number of carbonyl (C=O) groups is 2. The minimum atomic E-state index is -4.64. The molecular formula is C21H26F3NO2. The van der Waals surface area contributed by atoms with Crippen molar-refractivity contribution >= 4 is 11.7 Å². The molecule has 2 atom stereocenters. The van der Waals surface area contributed by atoms with Gasteiger partial charge in [0.25, 0.3) is 5.91 Å². The number of Topliss-reactive ketones (excluding diaryl/α,β-unsaturated/α-hetero) is 1. The molecule has 1 aromatic carbocycles. The Hall–Kier alpha value is -2.11. The van der Waals surface area contributed by atoms with E-state index in [1.54, 1.807) is 13.8 Å². The van der Waals surface area contributed by atoms with Crippen LogP contribution in [-0.4, -0.2) is 17.7 Å². The van der Waals surface area contributed by atoms with Crippen LogP contribution in [0.25, 0.3) is 0 Å². The molecule has 0 radical (unpaired) electrons. The van der Waals surface area contributed by atoms with Gasteiger partial charge in [-0.1, -0.05) is 44.6 Å². The molecular weight excluding hydrogens is 355 g/mol. The number of hydrogen-bond acceptors (Lipinski definition) is 2. The van der Waals surface area contributed by atoms with Crippen molar-refractivity contribution in [3.63, 3.8) is 0 Å². The Morgan fingerprint density at radius 3 is 2.33 bits per heavy atom. The van der Waals surface area contributed by atoms with Crippen molar-refractivity contribution in [2.24, 2.45) is 11.3 Å². The van der Waals surface area contributed by atoms with Gasteiger partial charge in [0, 0.05) is 5.41 Å². The molecule has 0 aromatic heterocycles. The lowest BCUT2D eigenvalue weighted by molar-refractivity contribution is -0.137. The number of halogens is 3. The number of amides is 1. The van der Waals surface area contributed by atoms with Gasteiger partial charge in [-0.05, 0) is 44.2 Å². The molecule has 1 N–H and O–H groups in total. The van der Waals surface area contributed by atoms with E-state index in [1.807, 2.05) is 19.9 Å². The van der Waals surface area contributed by atoms with Crippen LogP contribution in [0.5, 0.6) is 0 Å². The third-order valence-corrected chi connectivity index (χ3v) is 5.28. The summed E-state index contributed by atoms with van der Waals surface area (Å²) in [5, 5.41) is 2.57. The van der Waals surface area contributed by atoms with Crippen molar-refractivity contribution in [3.8, 4) is 0 Å². The van der Waals surface area contributed by atoms with Gasteiger partial charge in [0.05, 0.1) is 17.2 Å². The highest BCUT2D eigenvalue weighted by atomic mass is 19.4. The summed E-state index contributed by atoms with van der Waals surface area (Å²) in [6.07, 6.45) is -0.553. The molecule has 1 amide bonds. The second kappa shape index (κ2) is 7.87. The molecule has 6 heteroatoms. The Labute approximate surface area is 158 Å². The van der Waals surface area contributed by atoms with Gasteiger partial charge in [0.1, 0.15) is 0 Å². The smallest absolute Gasteiger partial charge is 0.342 e. The van der Waals surface area contributed by atoms with E-state index in [0.29, 0.717) is 12.8 Å². The van der Waals surface area contributed by atoms with E-state index in [1.165, 1.54) is 17.7 Å². The number of hydrogen-bond donors (Lipinski definition) is 1. The Kier molecular flexibility index (Phi) is 6.17. The third-order valence-electron chi connectivity index (χ3n) is 5.28. The van der Waals surface area contributed by atoms with Crippen LogP contribution in [0.4, 0.5) is 13.2 Å². The topological polar surface area (TPSA) is 46.2 Å². The fraction of sp³-hybridized carbons (Fsp3) is 0.524. The Balaban J connectivity index is 2.27. The number of benzene rings is 1. The normalized spacial score (nSPS) is 21.6. The number of allylic oxidation sites excluding steroid dienone is 2. The fourth-order valence-electron chi connectivity index (χ4n) is 3.36. The molecule has 1 aromatic rings. The maximum Gasteiger partial charge on any atom is 0.417 e. The van der Waals surface area contributed by atoms with Crippen molar-refractivity contribution < 1.29 is 22.8 Å². The predicted molar refractivity (Wildman–Crippen MR) is 98.3 cm³/mol. The van der Waals surface area contributed by atoms with Gasteiger partial charge in [0.2, 0.25) is 0 Å². The van der Waals surface area contributed by atoms with E-state index in [4.69, 9.17) is 0 Å². The maximum absolute atomic E-state index is 13.2. The predicted octanol–water partition coefficient (Wildman–Crippen LogP) is 5.17. The highest BCUT2D eigenvalue weighted by molar-refractivity contribution is 6.00. The number of nitrogens with one attached hydrogen (secondary N) is 1. The summed E-state index contributed by atoms with van der Waals surface area (Å²) in [7, 11) is 0. The molecule has 0 fully saturated rings. The largest absolute Gasteiger partial charge is 0.417 e. The Morgan fingerprint density at radius 2 is 1.81 bits per heavy atom. The summed E-state index contributed by atoms with van der Waals surface area (Å²) >= 11 is 0. The molecule has 0 saturated carbocycles. The van der Waals surface area contributed by atoms with Crippen molar-refractivity contribution in [1.82, 2.24) is 5.32 Å². The highest BCUT2D eigenvalue weighted by Crippen LogP contribution is 2.38. The van der Waals surface area contributed by atoms with Crippen LogP contribution in [-0.2, 0) is 11.0 Å². The van der Waals surface area contributed by atoms with Crippen molar-refractivity contribution in [1.29, 1.82) is 0 Å². The van der Waals surface area contributed by atoms with Crippen LogP contribution in [0.1, 0.15) is 62.9 Å². The summed E-state index contributed by atoms with van der Waals surface area (Å²) in [6, 6.07) is 3.79. The minimum absolute atomic E-state index is 0.126. The van der Waals surface area contributed by atoms with Crippen LogP contribution in [0, 0.1) is 11.3 Å². The van der Waals surface area contributed by atoms with Crippen molar-refractivity contribution in [3.05, 3.63) is 47.0 Å². The first-order chi connectivity index (χ1) is 12.5. The van der Waals surface area contributed by atoms with E-state index in [2.05, 4.69) is 5.32 Å². The molecule has 27 heavy (non-hydrogen) atoms. The van der Waals surface area contributed by atoms with E-state index in [-0.39, 0.29) is 11.7 Å². The van der Waals surface area contributed by atoms with Gasteiger partial charge in [-0.2, -0.15) is 13.2 Å². The average molecular weight is 381 g/mol. The van der Waals surface area contributed by atoms with Crippen LogP contribution < -0.4 is 5.32 Å². The molecule has 1 aliphatic carbocycles. The van der Waals surface area contributed by atoms with Crippen LogP contribution in [0.15, 0.2) is 35.9 Å². The summed E-state index contributed by atoms with van der Waals surface area (Å²) in [4.78, 5) is 25.7. The number of alkyl halides is 3. The van der Waals surface area contributed by atoms with Crippen LogP contribution in [0.2, 0.25) is 0 Å². The van der Waals surface area contributed by atoms with Gasteiger partial charge in [-0.15, -0.1) is 0 Å². The molecule has 3 nitrogen and oxygen atoms in total. The van der Waals surface area contributed by atoms with E-state index >= 15 is 0 Å². The zero-order valence-electron chi connectivity index (χ0n) is 16.1. The summed E-state index contributed by atoms with van der Waals surface area (Å²) in [5.74, 6) is -1.23. The zero-order chi connectivity index (χ0) is 20.4. The molecule has 2 rings (SSSR count). The minimum Gasteiger partial charge on any atom is -0.342 e. The van der Waals surface area contributed by atoms with Gasteiger partial charge >= 0.3 is 6.18 Å². The number of carbonyl (C=O) groups excluding carboxylic acids is 2. The first kappa shape index (κ1) is 21.2. The van der Waals surface area contributed by atoms with Crippen LogP contribution >= 0.6 is 0 Å². The molecule has 0 spiro atoms. The molecule has 1 unspecified atom stereocenters. The first-order valence-electron chi connectivity index (χ1n) is 9.13. The van der Waals surface area contributed by atoms with Crippen molar-refractivity contribution in [2.45, 2.75) is 59.2 Å². The number of ketones is 1. The van der Waals surface area contributed by atoms with Gasteiger partial charge in [-0.25, -0.2) is 0 Å². The molecule has 0 saturated heterocycles. The van der Waals surface area contributed by atoms with E-state index in [0.717, 1.165) is 18.6 Å². The van der Waals surface area contributed by atoms with Crippen LogP contribution in [0.3, 0.4) is 0 Å². The zero-order valence-corrected chi connectivity index (χ0v) is 16.1. The van der Waals surface area contributed by atoms with E-state index in [9.17, 15) is 22.8 Å². The molecule has 1 aliphatic rings. The average Bonchev–Trinajstić information content (AvgIpc) is 2.60. The molecule has 148 valence electrons. The monoisotopic (exact) mass is 381 g/mol. The Morgan fingerprint density at radius 1 is 1.19 bits per heavy atom. The summed E-state index contributed by atoms with van der Waals surface area (Å²) in [6.45, 7) is 7.45. The second-order valence-corrected chi connectivity index (χ2v) is 7.92. The van der Waals surface area contributed by atoms with Gasteiger partial charge < -0.3 is 5.32 Å². The molecule has 0 bridgehead atoms.